The fraction of sp³-hybridized carbons (Fsp3) is 0.548. The molecular weight excluding hydrogens is 448 g/mol. The lowest BCUT2D eigenvalue weighted by Crippen LogP contribution is -2.44. The van der Waals surface area contributed by atoms with Gasteiger partial charge in [-0.2, -0.15) is 0 Å². The first-order valence-electron chi connectivity index (χ1n) is 13.8. The molecule has 0 bridgehead atoms. The fourth-order valence-electron chi connectivity index (χ4n) is 8.32. The summed E-state index contributed by atoms with van der Waals surface area (Å²) in [6.45, 7) is 4.08. The van der Waals surface area contributed by atoms with Crippen LogP contribution in [-0.4, -0.2) is 41.0 Å². The Labute approximate surface area is 214 Å². The average Bonchev–Trinajstić information content (AvgIpc) is 3.51. The van der Waals surface area contributed by atoms with Crippen molar-refractivity contribution < 1.29 is 14.7 Å². The smallest absolute Gasteiger partial charge is 0.253 e. The molecule has 3 aliphatic carbocycles. The summed E-state index contributed by atoms with van der Waals surface area (Å²) < 4.78 is 0. The van der Waals surface area contributed by atoms with E-state index in [1.165, 1.54) is 11.1 Å². The van der Waals surface area contributed by atoms with Crippen LogP contribution in [0.25, 0.3) is 0 Å². The van der Waals surface area contributed by atoms with Crippen molar-refractivity contribution in [2.45, 2.75) is 70.3 Å². The molecule has 3 N–H and O–H groups in total. The van der Waals surface area contributed by atoms with Crippen molar-refractivity contribution in [2.75, 3.05) is 13.1 Å². The van der Waals surface area contributed by atoms with Crippen LogP contribution < -0.4 is 5.73 Å². The number of aliphatic hydroxyl groups excluding tert-OH is 1. The van der Waals surface area contributed by atoms with Crippen molar-refractivity contribution in [1.82, 2.24) is 4.90 Å². The lowest BCUT2D eigenvalue weighted by molar-refractivity contribution is -0.0325. The van der Waals surface area contributed by atoms with E-state index in [0.717, 1.165) is 75.6 Å². The molecular formula is C31H38N2O3. The SMILES string of the molecule is C[C@]12CCC3c4ccc(C(=O)N5CCCC5)cc4CCC3C1C[C@H](Cc1cccc(C(N)=O)c1)[C@@H]2O. The number of aliphatic hydroxyl groups is 1. The van der Waals surface area contributed by atoms with Crippen molar-refractivity contribution in [2.24, 2.45) is 28.9 Å². The Kier molecular flexibility index (Phi) is 5.94. The summed E-state index contributed by atoms with van der Waals surface area (Å²) in [5.41, 5.74) is 10.7. The Morgan fingerprint density at radius 2 is 1.89 bits per heavy atom. The number of hydrogen-bond acceptors (Lipinski definition) is 3. The van der Waals surface area contributed by atoms with Crippen LogP contribution in [0.2, 0.25) is 0 Å². The third-order valence-corrected chi connectivity index (χ3v) is 10.2. The third-order valence-electron chi connectivity index (χ3n) is 10.2. The van der Waals surface area contributed by atoms with Gasteiger partial charge in [0.15, 0.2) is 0 Å². The van der Waals surface area contributed by atoms with Crippen LogP contribution in [-0.2, 0) is 12.8 Å². The maximum absolute atomic E-state index is 13.0. The summed E-state index contributed by atoms with van der Waals surface area (Å²) >= 11 is 0. The molecule has 190 valence electrons. The van der Waals surface area contributed by atoms with Crippen LogP contribution in [0.4, 0.5) is 0 Å². The second-order valence-corrected chi connectivity index (χ2v) is 12.1. The minimum absolute atomic E-state index is 0.0592. The van der Waals surface area contributed by atoms with E-state index >= 15 is 0 Å². The number of rotatable bonds is 4. The molecule has 3 unspecified atom stereocenters. The number of aryl methyl sites for hydroxylation is 1. The van der Waals surface area contributed by atoms with E-state index in [2.05, 4.69) is 25.1 Å². The largest absolute Gasteiger partial charge is 0.392 e. The predicted octanol–water partition coefficient (Wildman–Crippen LogP) is 4.71. The molecule has 4 aliphatic rings. The van der Waals surface area contributed by atoms with Crippen molar-refractivity contribution in [3.63, 3.8) is 0 Å². The van der Waals surface area contributed by atoms with Crippen molar-refractivity contribution in [3.05, 3.63) is 70.3 Å². The number of nitrogens with two attached hydrogens (primary N) is 1. The molecule has 6 atom stereocenters. The Hall–Kier alpha value is -2.66. The monoisotopic (exact) mass is 486 g/mol. The summed E-state index contributed by atoms with van der Waals surface area (Å²) in [5.74, 6) is 1.58. The number of benzene rings is 2. The molecule has 5 nitrogen and oxygen atoms in total. The van der Waals surface area contributed by atoms with Gasteiger partial charge in [0.2, 0.25) is 5.91 Å². The van der Waals surface area contributed by atoms with E-state index in [-0.39, 0.29) is 23.3 Å². The van der Waals surface area contributed by atoms with Gasteiger partial charge in [-0.3, -0.25) is 9.59 Å². The van der Waals surface area contributed by atoms with Crippen LogP contribution in [0.1, 0.15) is 88.8 Å². The standard InChI is InChI=1S/C31H38N2O3/c1-31-12-11-25-24-9-8-22(30(36)33-13-2-3-14-33)17-20(24)7-10-26(25)27(31)18-23(28(31)34)16-19-5-4-6-21(15-19)29(32)35/h4-6,8-9,15,17,23,25-28,34H,2-3,7,10-14,16,18H2,1H3,(H2,32,35)/t23-,25?,26?,27?,28-,31-/m0/s1. The van der Waals surface area contributed by atoms with E-state index in [9.17, 15) is 14.7 Å². The van der Waals surface area contributed by atoms with Gasteiger partial charge in [0.1, 0.15) is 0 Å². The van der Waals surface area contributed by atoms with Gasteiger partial charge in [0.05, 0.1) is 6.10 Å². The normalized spacial score (nSPS) is 33.1. The zero-order chi connectivity index (χ0) is 25.0. The van der Waals surface area contributed by atoms with Crippen molar-refractivity contribution in [1.29, 1.82) is 0 Å². The van der Waals surface area contributed by atoms with Crippen LogP contribution in [0, 0.1) is 23.2 Å². The first-order chi connectivity index (χ1) is 17.3. The summed E-state index contributed by atoms with van der Waals surface area (Å²) in [4.78, 5) is 26.6. The summed E-state index contributed by atoms with van der Waals surface area (Å²) in [7, 11) is 0. The fourth-order valence-corrected chi connectivity index (χ4v) is 8.32. The zero-order valence-corrected chi connectivity index (χ0v) is 21.3. The number of hydrogen-bond donors (Lipinski definition) is 2. The molecule has 0 radical (unpaired) electrons. The van der Waals surface area contributed by atoms with Crippen LogP contribution in [0.3, 0.4) is 0 Å². The number of carbonyl (C=O) groups excluding carboxylic acids is 2. The summed E-state index contributed by atoms with van der Waals surface area (Å²) in [5, 5.41) is 11.5. The molecule has 2 aromatic rings. The van der Waals surface area contributed by atoms with Crippen molar-refractivity contribution >= 4 is 11.8 Å². The summed E-state index contributed by atoms with van der Waals surface area (Å²) in [6.07, 6.45) is 8.00. The van der Waals surface area contributed by atoms with Crippen LogP contribution in [0.5, 0.6) is 0 Å². The topological polar surface area (TPSA) is 83.6 Å². The minimum atomic E-state index is -0.404. The van der Waals surface area contributed by atoms with Crippen LogP contribution >= 0.6 is 0 Å². The predicted molar refractivity (Wildman–Crippen MR) is 140 cm³/mol. The average molecular weight is 487 g/mol. The van der Waals surface area contributed by atoms with Gasteiger partial charge in [0, 0.05) is 24.2 Å². The van der Waals surface area contributed by atoms with Crippen LogP contribution in [0.15, 0.2) is 42.5 Å². The van der Waals surface area contributed by atoms with Gasteiger partial charge in [-0.25, -0.2) is 0 Å². The quantitative estimate of drug-likeness (QED) is 0.657. The molecule has 1 aliphatic heterocycles. The van der Waals surface area contributed by atoms with E-state index < -0.39 is 5.91 Å². The highest BCUT2D eigenvalue weighted by molar-refractivity contribution is 5.94. The number of primary amides is 1. The Morgan fingerprint density at radius 3 is 2.67 bits per heavy atom. The first-order valence-corrected chi connectivity index (χ1v) is 13.8. The molecule has 5 heteroatoms. The Morgan fingerprint density at radius 1 is 1.08 bits per heavy atom. The molecule has 0 spiro atoms. The zero-order valence-electron chi connectivity index (χ0n) is 21.3. The minimum Gasteiger partial charge on any atom is -0.392 e. The van der Waals surface area contributed by atoms with Gasteiger partial charge in [-0.1, -0.05) is 25.1 Å². The van der Waals surface area contributed by atoms with Gasteiger partial charge in [-0.05, 0) is 121 Å². The number of likely N-dealkylation sites (tertiary alicyclic amines) is 1. The van der Waals surface area contributed by atoms with Crippen molar-refractivity contribution in [3.8, 4) is 0 Å². The van der Waals surface area contributed by atoms with E-state index in [1.54, 1.807) is 6.07 Å². The van der Waals surface area contributed by atoms with E-state index in [1.807, 2.05) is 23.1 Å². The number of fused-ring (bicyclic) bond motifs is 5. The van der Waals surface area contributed by atoms with Gasteiger partial charge < -0.3 is 15.7 Å². The molecule has 2 amide bonds. The second-order valence-electron chi connectivity index (χ2n) is 12.1. The lowest BCUT2D eigenvalue weighted by atomic mass is 9.55. The van der Waals surface area contributed by atoms with E-state index in [0.29, 0.717) is 23.3 Å². The number of nitrogens with zero attached hydrogens (tertiary/aromatic N) is 1. The van der Waals surface area contributed by atoms with Gasteiger partial charge in [0.25, 0.3) is 5.91 Å². The maximum Gasteiger partial charge on any atom is 0.253 e. The third kappa shape index (κ3) is 3.87. The highest BCUT2D eigenvalue weighted by Crippen LogP contribution is 2.62. The molecule has 1 saturated heterocycles. The maximum atomic E-state index is 13.0. The Balaban J connectivity index is 1.22. The van der Waals surface area contributed by atoms with Gasteiger partial charge >= 0.3 is 0 Å². The summed E-state index contributed by atoms with van der Waals surface area (Å²) in [6, 6.07) is 14.1. The molecule has 2 aromatic carbocycles. The molecule has 1 heterocycles. The molecule has 2 saturated carbocycles. The highest BCUT2D eigenvalue weighted by Gasteiger charge is 2.57. The highest BCUT2D eigenvalue weighted by atomic mass is 16.3. The number of carbonyl (C=O) groups is 2. The van der Waals surface area contributed by atoms with E-state index in [4.69, 9.17) is 5.73 Å². The lowest BCUT2D eigenvalue weighted by Gasteiger charge is -2.50. The second kappa shape index (κ2) is 9.02. The number of amides is 2. The molecule has 3 fully saturated rings. The Bertz CT molecular complexity index is 1190. The molecule has 36 heavy (non-hydrogen) atoms. The van der Waals surface area contributed by atoms with Gasteiger partial charge in [-0.15, -0.1) is 0 Å². The molecule has 6 rings (SSSR count). The molecule has 0 aromatic heterocycles. The first kappa shape index (κ1) is 23.7.